The van der Waals surface area contributed by atoms with Crippen LogP contribution in [0.3, 0.4) is 0 Å². The topological polar surface area (TPSA) is 91.9 Å². The minimum Gasteiger partial charge on any atom is -0.447 e. The first-order valence-electron chi connectivity index (χ1n) is 7.80. The molecule has 2 aromatic heterocycles. The number of H-pyrrole nitrogens is 1. The highest BCUT2D eigenvalue weighted by Crippen LogP contribution is 2.34. The molecule has 3 rings (SSSR count). The molecular formula is C15H21N5O2S. The van der Waals surface area contributed by atoms with Gasteiger partial charge in [-0.05, 0) is 50.7 Å². The molecule has 2 heterocycles. The number of aromatic amines is 1. The predicted octanol–water partition coefficient (Wildman–Crippen LogP) is 3.38. The maximum Gasteiger partial charge on any atom is 0.407 e. The third-order valence-corrected chi connectivity index (χ3v) is 4.39. The van der Waals surface area contributed by atoms with Crippen molar-refractivity contribution in [2.75, 3.05) is 5.32 Å². The van der Waals surface area contributed by atoms with E-state index in [0.29, 0.717) is 5.92 Å². The monoisotopic (exact) mass is 335 g/mol. The van der Waals surface area contributed by atoms with E-state index in [1.165, 1.54) is 11.5 Å². The first-order chi connectivity index (χ1) is 11.1. The molecule has 23 heavy (non-hydrogen) atoms. The van der Waals surface area contributed by atoms with Crippen molar-refractivity contribution >= 4 is 29.3 Å². The zero-order valence-electron chi connectivity index (χ0n) is 13.2. The van der Waals surface area contributed by atoms with Gasteiger partial charge in [0.15, 0.2) is 5.82 Å². The van der Waals surface area contributed by atoms with Crippen LogP contribution in [0.4, 0.5) is 16.4 Å². The maximum atomic E-state index is 11.7. The number of alkyl carbamates (subject to hydrolysis) is 1. The van der Waals surface area contributed by atoms with E-state index in [0.717, 1.165) is 36.6 Å². The van der Waals surface area contributed by atoms with Crippen LogP contribution in [0, 0.1) is 0 Å². The lowest BCUT2D eigenvalue weighted by Gasteiger charge is -2.14. The molecule has 1 amide bonds. The lowest BCUT2D eigenvalue weighted by molar-refractivity contribution is 0.112. The summed E-state index contributed by atoms with van der Waals surface area (Å²) in [5.41, 5.74) is 1.09. The molecule has 8 heteroatoms. The van der Waals surface area contributed by atoms with E-state index in [1.54, 1.807) is 0 Å². The van der Waals surface area contributed by atoms with E-state index in [9.17, 15) is 4.79 Å². The summed E-state index contributed by atoms with van der Waals surface area (Å²) in [6.45, 7) is 3.69. The van der Waals surface area contributed by atoms with Crippen molar-refractivity contribution in [1.29, 1.82) is 0 Å². The number of anilines is 2. The normalized spacial score (nSPS) is 20.7. The molecule has 0 saturated heterocycles. The number of carbonyl (C=O) groups excluding carboxylic acids is 1. The molecule has 1 saturated carbocycles. The lowest BCUT2D eigenvalue weighted by Crippen LogP contribution is -2.34. The summed E-state index contributed by atoms with van der Waals surface area (Å²) in [5, 5.41) is 15.4. The Bertz CT molecular complexity index is 640. The van der Waals surface area contributed by atoms with E-state index in [1.807, 2.05) is 31.4 Å². The summed E-state index contributed by atoms with van der Waals surface area (Å²) in [6, 6.07) is 4.08. The van der Waals surface area contributed by atoms with Gasteiger partial charge in [-0.3, -0.25) is 5.10 Å². The minimum atomic E-state index is -0.332. The highest BCUT2D eigenvalue weighted by atomic mass is 32.1. The van der Waals surface area contributed by atoms with E-state index >= 15 is 0 Å². The van der Waals surface area contributed by atoms with Crippen molar-refractivity contribution in [2.45, 2.75) is 51.2 Å². The van der Waals surface area contributed by atoms with Gasteiger partial charge in [-0.1, -0.05) is 0 Å². The number of aromatic nitrogens is 3. The van der Waals surface area contributed by atoms with Crippen molar-refractivity contribution in [3.8, 4) is 0 Å². The van der Waals surface area contributed by atoms with Gasteiger partial charge in [0, 0.05) is 29.1 Å². The second-order valence-corrected chi connectivity index (χ2v) is 6.69. The molecule has 0 aliphatic heterocycles. The SMILES string of the molecule is CC(C)OC(=O)NC1CCC(c2cc(Nc3ccsn3)n[nH]2)C1. The average molecular weight is 335 g/mol. The smallest absolute Gasteiger partial charge is 0.407 e. The second kappa shape index (κ2) is 6.99. The van der Waals surface area contributed by atoms with Gasteiger partial charge in [-0.15, -0.1) is 0 Å². The molecule has 3 N–H and O–H groups in total. The Labute approximate surface area is 139 Å². The molecule has 2 atom stereocenters. The van der Waals surface area contributed by atoms with Crippen molar-refractivity contribution in [3.63, 3.8) is 0 Å². The summed E-state index contributed by atoms with van der Waals surface area (Å²) >= 11 is 1.40. The van der Waals surface area contributed by atoms with Crippen LogP contribution in [0.15, 0.2) is 17.5 Å². The Balaban J connectivity index is 1.53. The van der Waals surface area contributed by atoms with Crippen molar-refractivity contribution in [2.24, 2.45) is 0 Å². The minimum absolute atomic E-state index is 0.0980. The van der Waals surface area contributed by atoms with Crippen LogP contribution in [-0.4, -0.2) is 32.8 Å². The van der Waals surface area contributed by atoms with Gasteiger partial charge in [0.25, 0.3) is 0 Å². The van der Waals surface area contributed by atoms with Crippen LogP contribution in [-0.2, 0) is 4.74 Å². The summed E-state index contributed by atoms with van der Waals surface area (Å²) in [5.74, 6) is 1.94. The molecule has 2 aromatic rings. The van der Waals surface area contributed by atoms with Crippen molar-refractivity contribution < 1.29 is 9.53 Å². The summed E-state index contributed by atoms with van der Waals surface area (Å²) in [6.07, 6.45) is 2.43. The summed E-state index contributed by atoms with van der Waals surface area (Å²) in [4.78, 5) is 11.7. The van der Waals surface area contributed by atoms with Gasteiger partial charge in [0.1, 0.15) is 5.82 Å². The maximum absolute atomic E-state index is 11.7. The van der Waals surface area contributed by atoms with Gasteiger partial charge in [-0.25, -0.2) is 4.79 Å². The highest BCUT2D eigenvalue weighted by Gasteiger charge is 2.28. The number of hydrogen-bond acceptors (Lipinski definition) is 6. The average Bonchev–Trinajstić information content (AvgIpc) is 3.19. The standard InChI is InChI=1S/C15H21N5O2S/c1-9(2)22-15(21)16-11-4-3-10(7-11)12-8-14(19-18-12)17-13-5-6-23-20-13/h5-6,8-11H,3-4,7H2,1-2H3,(H,16,21)(H2,17,18,19,20). The van der Waals surface area contributed by atoms with Crippen molar-refractivity contribution in [3.05, 3.63) is 23.2 Å². The molecule has 7 nitrogen and oxygen atoms in total. The number of rotatable bonds is 5. The molecule has 1 aliphatic carbocycles. The fourth-order valence-electron chi connectivity index (χ4n) is 2.83. The lowest BCUT2D eigenvalue weighted by atomic mass is 10.0. The second-order valence-electron chi connectivity index (χ2n) is 6.02. The number of carbonyl (C=O) groups is 1. The van der Waals surface area contributed by atoms with Crippen LogP contribution in [0.5, 0.6) is 0 Å². The number of amides is 1. The summed E-state index contributed by atoms with van der Waals surface area (Å²) < 4.78 is 9.33. The predicted molar refractivity (Wildman–Crippen MR) is 89.1 cm³/mol. The highest BCUT2D eigenvalue weighted by molar-refractivity contribution is 7.03. The first-order valence-corrected chi connectivity index (χ1v) is 8.63. The molecule has 124 valence electrons. The molecule has 0 radical (unpaired) electrons. The van der Waals surface area contributed by atoms with E-state index in [-0.39, 0.29) is 18.2 Å². The summed E-state index contributed by atoms with van der Waals surface area (Å²) in [7, 11) is 0. The van der Waals surface area contributed by atoms with Crippen LogP contribution >= 0.6 is 11.5 Å². The van der Waals surface area contributed by atoms with Crippen molar-refractivity contribution in [1.82, 2.24) is 19.9 Å². The number of nitrogens with zero attached hydrogens (tertiary/aromatic N) is 2. The van der Waals surface area contributed by atoms with Crippen LogP contribution < -0.4 is 10.6 Å². The van der Waals surface area contributed by atoms with Gasteiger partial charge in [-0.2, -0.15) is 9.47 Å². The molecule has 0 spiro atoms. The van der Waals surface area contributed by atoms with Gasteiger partial charge >= 0.3 is 6.09 Å². The molecular weight excluding hydrogens is 314 g/mol. The third kappa shape index (κ3) is 4.22. The molecule has 1 fully saturated rings. The van der Waals surface area contributed by atoms with Crippen LogP contribution in [0.2, 0.25) is 0 Å². The quantitative estimate of drug-likeness (QED) is 0.779. The molecule has 2 unspecified atom stereocenters. The Morgan fingerprint density at radius 1 is 1.43 bits per heavy atom. The largest absolute Gasteiger partial charge is 0.447 e. The Kier molecular flexibility index (Phi) is 4.80. The number of hydrogen-bond donors (Lipinski definition) is 3. The van der Waals surface area contributed by atoms with E-state index in [4.69, 9.17) is 4.74 Å². The van der Waals surface area contributed by atoms with Crippen LogP contribution in [0.1, 0.15) is 44.7 Å². The zero-order valence-corrected chi connectivity index (χ0v) is 14.0. The Morgan fingerprint density at radius 3 is 3.04 bits per heavy atom. The van der Waals surface area contributed by atoms with Crippen LogP contribution in [0.25, 0.3) is 0 Å². The van der Waals surface area contributed by atoms with Gasteiger partial charge in [0.2, 0.25) is 0 Å². The van der Waals surface area contributed by atoms with Gasteiger partial charge < -0.3 is 15.4 Å². The molecule has 0 aromatic carbocycles. The van der Waals surface area contributed by atoms with E-state index < -0.39 is 0 Å². The fourth-order valence-corrected chi connectivity index (χ4v) is 3.30. The molecule has 0 bridgehead atoms. The number of nitrogens with one attached hydrogen (secondary N) is 3. The Hall–Kier alpha value is -2.09. The third-order valence-electron chi connectivity index (χ3n) is 3.83. The fraction of sp³-hybridized carbons (Fsp3) is 0.533. The zero-order chi connectivity index (χ0) is 16.2. The van der Waals surface area contributed by atoms with E-state index in [2.05, 4.69) is 25.2 Å². The first kappa shape index (κ1) is 15.8. The van der Waals surface area contributed by atoms with Gasteiger partial charge in [0.05, 0.1) is 6.10 Å². The number of ether oxygens (including phenoxy) is 1. The Morgan fingerprint density at radius 2 is 2.30 bits per heavy atom. The molecule has 1 aliphatic rings.